The Morgan fingerprint density at radius 2 is 2.25 bits per heavy atom. The second kappa shape index (κ2) is 3.71. The van der Waals surface area contributed by atoms with Gasteiger partial charge < -0.3 is 9.72 Å². The SMILES string of the molecule is O=c1cc(C2CCOCC2)[nH]c2ncnn12. The minimum Gasteiger partial charge on any atom is -0.381 e. The molecule has 1 saturated heterocycles. The number of aromatic nitrogens is 4. The Balaban J connectivity index is 2.06. The second-order valence-corrected chi connectivity index (χ2v) is 3.95. The van der Waals surface area contributed by atoms with Gasteiger partial charge in [0.2, 0.25) is 5.78 Å². The van der Waals surface area contributed by atoms with Gasteiger partial charge in [-0.25, -0.2) is 0 Å². The number of hydrogen-bond acceptors (Lipinski definition) is 4. The van der Waals surface area contributed by atoms with Crippen molar-refractivity contribution in [3.05, 3.63) is 28.4 Å². The first-order valence-corrected chi connectivity index (χ1v) is 5.35. The van der Waals surface area contributed by atoms with Crippen molar-refractivity contribution in [2.75, 3.05) is 13.2 Å². The molecule has 0 spiro atoms. The predicted molar refractivity (Wildman–Crippen MR) is 56.4 cm³/mol. The number of hydrogen-bond donors (Lipinski definition) is 1. The molecule has 0 bridgehead atoms. The molecule has 0 unspecified atom stereocenters. The van der Waals surface area contributed by atoms with E-state index < -0.39 is 0 Å². The summed E-state index contributed by atoms with van der Waals surface area (Å²) in [5.74, 6) is 0.872. The Kier molecular flexibility index (Phi) is 2.21. The number of H-pyrrole nitrogens is 1. The highest BCUT2D eigenvalue weighted by Gasteiger charge is 2.18. The molecule has 1 fully saturated rings. The van der Waals surface area contributed by atoms with Crippen molar-refractivity contribution in [2.45, 2.75) is 18.8 Å². The Labute approximate surface area is 91.3 Å². The average Bonchev–Trinajstić information content (AvgIpc) is 2.79. The average molecular weight is 220 g/mol. The fourth-order valence-electron chi connectivity index (χ4n) is 2.08. The summed E-state index contributed by atoms with van der Waals surface area (Å²) >= 11 is 0. The van der Waals surface area contributed by atoms with Crippen molar-refractivity contribution in [1.82, 2.24) is 19.6 Å². The molecule has 0 amide bonds. The fraction of sp³-hybridized carbons (Fsp3) is 0.500. The van der Waals surface area contributed by atoms with Gasteiger partial charge in [0, 0.05) is 30.9 Å². The first-order valence-electron chi connectivity index (χ1n) is 5.35. The van der Waals surface area contributed by atoms with Crippen molar-refractivity contribution in [3.8, 4) is 0 Å². The van der Waals surface area contributed by atoms with Gasteiger partial charge in [0.15, 0.2) is 0 Å². The topological polar surface area (TPSA) is 72.3 Å². The van der Waals surface area contributed by atoms with Crippen molar-refractivity contribution in [3.63, 3.8) is 0 Å². The van der Waals surface area contributed by atoms with Gasteiger partial charge in [0.1, 0.15) is 6.33 Å². The molecule has 6 nitrogen and oxygen atoms in total. The highest BCUT2D eigenvalue weighted by molar-refractivity contribution is 5.27. The number of fused-ring (bicyclic) bond motifs is 1. The minimum absolute atomic E-state index is 0.132. The second-order valence-electron chi connectivity index (χ2n) is 3.95. The molecule has 3 heterocycles. The summed E-state index contributed by atoms with van der Waals surface area (Å²) in [5.41, 5.74) is 0.807. The molecular weight excluding hydrogens is 208 g/mol. The van der Waals surface area contributed by atoms with Crippen molar-refractivity contribution < 1.29 is 4.74 Å². The molecule has 0 atom stereocenters. The molecule has 0 aromatic carbocycles. The number of nitrogens with one attached hydrogen (secondary N) is 1. The third-order valence-electron chi connectivity index (χ3n) is 2.95. The zero-order valence-electron chi connectivity index (χ0n) is 8.72. The van der Waals surface area contributed by atoms with Crippen LogP contribution >= 0.6 is 0 Å². The van der Waals surface area contributed by atoms with Crippen LogP contribution in [0.5, 0.6) is 0 Å². The molecule has 2 aromatic heterocycles. The summed E-state index contributed by atoms with van der Waals surface area (Å²) in [4.78, 5) is 18.9. The maximum Gasteiger partial charge on any atom is 0.275 e. The Morgan fingerprint density at radius 3 is 3.06 bits per heavy atom. The summed E-state index contributed by atoms with van der Waals surface area (Å²) in [6.45, 7) is 1.51. The van der Waals surface area contributed by atoms with Gasteiger partial charge in [0.05, 0.1) is 0 Å². The van der Waals surface area contributed by atoms with Crippen LogP contribution < -0.4 is 5.56 Å². The molecule has 1 aliphatic rings. The molecule has 1 aliphatic heterocycles. The summed E-state index contributed by atoms with van der Waals surface area (Å²) in [6, 6.07) is 1.61. The molecule has 84 valence electrons. The van der Waals surface area contributed by atoms with Crippen LogP contribution in [0.4, 0.5) is 0 Å². The molecule has 16 heavy (non-hydrogen) atoms. The van der Waals surface area contributed by atoms with Gasteiger partial charge in [-0.05, 0) is 12.8 Å². The monoisotopic (exact) mass is 220 g/mol. The third kappa shape index (κ3) is 1.51. The van der Waals surface area contributed by atoms with Crippen molar-refractivity contribution >= 4 is 5.78 Å². The molecule has 0 radical (unpaired) electrons. The maximum atomic E-state index is 11.7. The van der Waals surface area contributed by atoms with E-state index in [0.29, 0.717) is 11.7 Å². The lowest BCUT2D eigenvalue weighted by molar-refractivity contribution is 0.0845. The van der Waals surface area contributed by atoms with Crippen LogP contribution in [0.3, 0.4) is 0 Å². The van der Waals surface area contributed by atoms with Crippen LogP contribution in [0.15, 0.2) is 17.2 Å². The molecule has 1 N–H and O–H groups in total. The first kappa shape index (κ1) is 9.53. The summed E-state index contributed by atoms with van der Waals surface area (Å²) < 4.78 is 6.57. The Bertz CT molecular complexity index is 553. The molecule has 0 saturated carbocycles. The van der Waals surface area contributed by atoms with E-state index in [0.717, 1.165) is 31.7 Å². The van der Waals surface area contributed by atoms with Gasteiger partial charge >= 0.3 is 0 Å². The molecular formula is C10H12N4O2. The molecule has 0 aliphatic carbocycles. The number of nitrogens with zero attached hydrogens (tertiary/aromatic N) is 3. The Morgan fingerprint density at radius 1 is 1.44 bits per heavy atom. The van der Waals surface area contributed by atoms with E-state index in [4.69, 9.17) is 4.74 Å². The van der Waals surface area contributed by atoms with E-state index in [1.807, 2.05) is 0 Å². The fourth-order valence-corrected chi connectivity index (χ4v) is 2.08. The number of ether oxygens (including phenoxy) is 1. The third-order valence-corrected chi connectivity index (χ3v) is 2.95. The van der Waals surface area contributed by atoms with Crippen LogP contribution in [0, 0.1) is 0 Å². The number of rotatable bonds is 1. The van der Waals surface area contributed by atoms with Gasteiger partial charge in [-0.3, -0.25) is 4.79 Å². The van der Waals surface area contributed by atoms with Crippen LogP contribution in [0.2, 0.25) is 0 Å². The number of aromatic amines is 1. The van der Waals surface area contributed by atoms with E-state index in [1.54, 1.807) is 6.07 Å². The van der Waals surface area contributed by atoms with Gasteiger partial charge in [-0.15, -0.1) is 0 Å². The Hall–Kier alpha value is -1.69. The van der Waals surface area contributed by atoms with Crippen molar-refractivity contribution in [2.24, 2.45) is 0 Å². The van der Waals surface area contributed by atoms with Crippen LogP contribution in [0.1, 0.15) is 24.5 Å². The first-order chi connectivity index (χ1) is 7.84. The quantitative estimate of drug-likeness (QED) is 0.750. The van der Waals surface area contributed by atoms with Gasteiger partial charge in [-0.1, -0.05) is 0 Å². The van der Waals surface area contributed by atoms with Crippen molar-refractivity contribution in [1.29, 1.82) is 0 Å². The van der Waals surface area contributed by atoms with Crippen LogP contribution in [0.25, 0.3) is 5.78 Å². The van der Waals surface area contributed by atoms with E-state index in [1.165, 1.54) is 10.8 Å². The normalized spacial score (nSPS) is 18.0. The lowest BCUT2D eigenvalue weighted by atomic mass is 9.96. The largest absolute Gasteiger partial charge is 0.381 e. The molecule has 3 rings (SSSR count). The molecule has 2 aromatic rings. The highest BCUT2D eigenvalue weighted by Crippen LogP contribution is 2.24. The summed E-state index contributed by atoms with van der Waals surface area (Å²) in [6.07, 6.45) is 3.27. The van der Waals surface area contributed by atoms with E-state index in [9.17, 15) is 4.79 Å². The zero-order valence-corrected chi connectivity index (χ0v) is 8.72. The van der Waals surface area contributed by atoms with E-state index in [-0.39, 0.29) is 5.56 Å². The standard InChI is InChI=1S/C10H12N4O2/c15-9-5-8(7-1-3-16-4-2-7)13-10-11-6-12-14(9)10/h5-7H,1-4H2,(H,11,12,13). The van der Waals surface area contributed by atoms with Crippen LogP contribution in [-0.4, -0.2) is 32.8 Å². The summed E-state index contributed by atoms with van der Waals surface area (Å²) in [7, 11) is 0. The minimum atomic E-state index is -0.132. The van der Waals surface area contributed by atoms with E-state index >= 15 is 0 Å². The van der Waals surface area contributed by atoms with Gasteiger partial charge in [-0.2, -0.15) is 14.6 Å². The maximum absolute atomic E-state index is 11.7. The molecule has 6 heteroatoms. The predicted octanol–water partition coefficient (Wildman–Crippen LogP) is 0.312. The highest BCUT2D eigenvalue weighted by atomic mass is 16.5. The summed E-state index contributed by atoms with van der Waals surface area (Å²) in [5, 5.41) is 3.84. The van der Waals surface area contributed by atoms with E-state index in [2.05, 4.69) is 15.1 Å². The lowest BCUT2D eigenvalue weighted by Gasteiger charge is -2.21. The van der Waals surface area contributed by atoms with Crippen LogP contribution in [-0.2, 0) is 4.74 Å². The van der Waals surface area contributed by atoms with Gasteiger partial charge in [0.25, 0.3) is 5.56 Å². The smallest absolute Gasteiger partial charge is 0.275 e. The zero-order chi connectivity index (χ0) is 11.0. The lowest BCUT2D eigenvalue weighted by Crippen LogP contribution is -2.20.